The van der Waals surface area contributed by atoms with Crippen LogP contribution in [0.1, 0.15) is 37.9 Å². The van der Waals surface area contributed by atoms with Gasteiger partial charge in [0.2, 0.25) is 5.91 Å². The second-order valence-electron chi connectivity index (χ2n) is 7.00. The molecule has 0 fully saturated rings. The minimum absolute atomic E-state index is 0.208. The Kier molecular flexibility index (Phi) is 6.07. The van der Waals surface area contributed by atoms with E-state index in [4.69, 9.17) is 0 Å². The predicted molar refractivity (Wildman–Crippen MR) is 109 cm³/mol. The number of aliphatic carboxylic acids is 1. The number of hydrogen-bond donors (Lipinski definition) is 2. The summed E-state index contributed by atoms with van der Waals surface area (Å²) in [5, 5.41) is 12.6. The number of nitrogens with zero attached hydrogens (tertiary/aromatic N) is 2. The first kappa shape index (κ1) is 20.3. The molecule has 2 aromatic carbocycles. The van der Waals surface area contributed by atoms with Crippen molar-refractivity contribution in [3.63, 3.8) is 0 Å². The smallest absolute Gasteiger partial charge is 0.330 e. The molecule has 29 heavy (non-hydrogen) atoms. The van der Waals surface area contributed by atoms with Crippen LogP contribution in [0.25, 0.3) is 10.9 Å². The highest BCUT2D eigenvalue weighted by atomic mass is 16.4. The van der Waals surface area contributed by atoms with Gasteiger partial charge in [-0.05, 0) is 23.6 Å². The number of fused-ring (bicyclic) bond motifs is 1. The quantitative estimate of drug-likeness (QED) is 0.643. The second kappa shape index (κ2) is 8.68. The first-order valence-electron chi connectivity index (χ1n) is 9.48. The Balaban J connectivity index is 2.01. The van der Waals surface area contributed by atoms with Crippen molar-refractivity contribution in [1.82, 2.24) is 14.9 Å². The summed E-state index contributed by atoms with van der Waals surface area (Å²) < 4.78 is 1.30. The fourth-order valence-electron chi connectivity index (χ4n) is 3.32. The summed E-state index contributed by atoms with van der Waals surface area (Å²) in [5.41, 5.74) is 0.674. The number of carboxylic acids is 1. The zero-order valence-electron chi connectivity index (χ0n) is 16.3. The van der Waals surface area contributed by atoms with Gasteiger partial charge in [0, 0.05) is 0 Å². The molecule has 0 bridgehead atoms. The zero-order chi connectivity index (χ0) is 21.0. The average Bonchev–Trinajstić information content (AvgIpc) is 2.74. The van der Waals surface area contributed by atoms with E-state index in [2.05, 4.69) is 10.3 Å². The van der Waals surface area contributed by atoms with Crippen molar-refractivity contribution in [3.8, 4) is 0 Å². The Labute approximate surface area is 168 Å². The topological polar surface area (TPSA) is 101 Å². The summed E-state index contributed by atoms with van der Waals surface area (Å²) in [7, 11) is 0. The highest BCUT2D eigenvalue weighted by Crippen LogP contribution is 2.23. The molecule has 0 aliphatic carbocycles. The van der Waals surface area contributed by atoms with Crippen molar-refractivity contribution in [2.45, 2.75) is 32.4 Å². The molecule has 3 aromatic rings. The van der Waals surface area contributed by atoms with Crippen molar-refractivity contribution in [2.75, 3.05) is 0 Å². The maximum atomic E-state index is 13.2. The van der Waals surface area contributed by atoms with Crippen LogP contribution in [-0.4, -0.2) is 26.5 Å². The Morgan fingerprint density at radius 2 is 1.76 bits per heavy atom. The molecule has 150 valence electrons. The molecule has 0 spiro atoms. The predicted octanol–water partition coefficient (Wildman–Crippen LogP) is 2.93. The lowest BCUT2D eigenvalue weighted by Gasteiger charge is -2.26. The number of nitrogens with one attached hydrogen (secondary N) is 1. The standard InChI is InChI=1S/C22H23N3O4/c1-3-14(2)19(25-13-23-17-12-8-7-11-16(17)21(25)27)20(26)24-18(22(28)29)15-9-5-4-6-10-15/h4-14,18-19H,3H2,1-2H3,(H,24,26)(H,28,29). The van der Waals surface area contributed by atoms with Crippen molar-refractivity contribution < 1.29 is 14.7 Å². The van der Waals surface area contributed by atoms with Gasteiger partial charge in [0.05, 0.1) is 17.2 Å². The van der Waals surface area contributed by atoms with Gasteiger partial charge >= 0.3 is 5.97 Å². The molecule has 1 amide bonds. The van der Waals surface area contributed by atoms with E-state index < -0.39 is 24.0 Å². The maximum absolute atomic E-state index is 13.2. The molecule has 0 saturated carbocycles. The van der Waals surface area contributed by atoms with E-state index in [0.717, 1.165) is 0 Å². The van der Waals surface area contributed by atoms with Gasteiger partial charge in [0.15, 0.2) is 6.04 Å². The van der Waals surface area contributed by atoms with E-state index in [1.165, 1.54) is 10.9 Å². The number of aromatic nitrogens is 2. The molecule has 3 atom stereocenters. The van der Waals surface area contributed by atoms with Crippen LogP contribution in [0.4, 0.5) is 0 Å². The van der Waals surface area contributed by atoms with Gasteiger partial charge in [-0.15, -0.1) is 0 Å². The fraction of sp³-hybridized carbons (Fsp3) is 0.273. The lowest BCUT2D eigenvalue weighted by atomic mass is 9.97. The summed E-state index contributed by atoms with van der Waals surface area (Å²) in [5.74, 6) is -1.91. The summed E-state index contributed by atoms with van der Waals surface area (Å²) >= 11 is 0. The Morgan fingerprint density at radius 1 is 1.10 bits per heavy atom. The molecule has 2 N–H and O–H groups in total. The van der Waals surface area contributed by atoms with E-state index >= 15 is 0 Å². The Morgan fingerprint density at radius 3 is 2.41 bits per heavy atom. The molecule has 0 saturated heterocycles. The van der Waals surface area contributed by atoms with Crippen molar-refractivity contribution in [2.24, 2.45) is 5.92 Å². The number of amides is 1. The van der Waals surface area contributed by atoms with Crippen LogP contribution in [0.2, 0.25) is 0 Å². The normalized spacial score (nSPS) is 14.1. The number of rotatable bonds is 7. The van der Waals surface area contributed by atoms with Crippen molar-refractivity contribution >= 4 is 22.8 Å². The van der Waals surface area contributed by atoms with E-state index in [1.807, 2.05) is 13.8 Å². The molecular formula is C22H23N3O4. The first-order chi connectivity index (χ1) is 13.9. The Hall–Kier alpha value is -3.48. The molecule has 7 heteroatoms. The van der Waals surface area contributed by atoms with Gasteiger partial charge in [-0.1, -0.05) is 62.7 Å². The molecule has 3 unspecified atom stereocenters. The lowest BCUT2D eigenvalue weighted by molar-refractivity contribution is -0.142. The van der Waals surface area contributed by atoms with E-state index in [0.29, 0.717) is 22.9 Å². The largest absolute Gasteiger partial charge is 0.479 e. The highest BCUT2D eigenvalue weighted by Gasteiger charge is 2.31. The number of para-hydroxylation sites is 1. The first-order valence-corrected chi connectivity index (χ1v) is 9.48. The van der Waals surface area contributed by atoms with Crippen LogP contribution in [0.15, 0.2) is 65.7 Å². The minimum Gasteiger partial charge on any atom is -0.479 e. The molecule has 3 rings (SSSR count). The lowest BCUT2D eigenvalue weighted by Crippen LogP contribution is -2.43. The highest BCUT2D eigenvalue weighted by molar-refractivity contribution is 5.87. The number of benzene rings is 2. The van der Waals surface area contributed by atoms with E-state index in [-0.39, 0.29) is 11.5 Å². The summed E-state index contributed by atoms with van der Waals surface area (Å²) in [4.78, 5) is 42.3. The van der Waals surface area contributed by atoms with Crippen LogP contribution in [0, 0.1) is 5.92 Å². The molecule has 0 aliphatic rings. The summed E-state index contributed by atoms with van der Waals surface area (Å²) in [6.07, 6.45) is 1.99. The molecule has 1 heterocycles. The van der Waals surface area contributed by atoms with Gasteiger partial charge in [-0.3, -0.25) is 14.2 Å². The molecule has 0 aliphatic heterocycles. The minimum atomic E-state index is -1.21. The number of carbonyl (C=O) groups excluding carboxylic acids is 1. The van der Waals surface area contributed by atoms with Gasteiger partial charge in [0.25, 0.3) is 5.56 Å². The SMILES string of the molecule is CCC(C)C(C(=O)NC(C(=O)O)c1ccccc1)n1cnc2ccccc2c1=O. The van der Waals surface area contributed by atoms with E-state index in [9.17, 15) is 19.5 Å². The van der Waals surface area contributed by atoms with Crippen molar-refractivity contribution in [3.05, 3.63) is 76.8 Å². The summed E-state index contributed by atoms with van der Waals surface area (Å²) in [6.45, 7) is 3.76. The second-order valence-corrected chi connectivity index (χ2v) is 7.00. The number of carboxylic acid groups (broad SMARTS) is 1. The van der Waals surface area contributed by atoms with Gasteiger partial charge < -0.3 is 10.4 Å². The zero-order valence-corrected chi connectivity index (χ0v) is 16.3. The molecule has 0 radical (unpaired) electrons. The van der Waals surface area contributed by atoms with Gasteiger partial charge in [-0.25, -0.2) is 9.78 Å². The summed E-state index contributed by atoms with van der Waals surface area (Å²) in [6, 6.07) is 13.3. The molecule has 1 aromatic heterocycles. The third-order valence-electron chi connectivity index (χ3n) is 5.11. The van der Waals surface area contributed by atoms with Gasteiger partial charge in [-0.2, -0.15) is 0 Å². The van der Waals surface area contributed by atoms with E-state index in [1.54, 1.807) is 54.6 Å². The molecular weight excluding hydrogens is 370 g/mol. The third kappa shape index (κ3) is 4.18. The van der Waals surface area contributed by atoms with Crippen LogP contribution in [0.5, 0.6) is 0 Å². The Bertz CT molecular complexity index is 1080. The van der Waals surface area contributed by atoms with Crippen molar-refractivity contribution in [1.29, 1.82) is 0 Å². The van der Waals surface area contributed by atoms with Gasteiger partial charge in [0.1, 0.15) is 6.04 Å². The average molecular weight is 393 g/mol. The van der Waals surface area contributed by atoms with Crippen LogP contribution in [-0.2, 0) is 9.59 Å². The third-order valence-corrected chi connectivity index (χ3v) is 5.11. The maximum Gasteiger partial charge on any atom is 0.330 e. The van der Waals surface area contributed by atoms with Crippen LogP contribution >= 0.6 is 0 Å². The van der Waals surface area contributed by atoms with Crippen LogP contribution < -0.4 is 10.9 Å². The number of hydrogen-bond acceptors (Lipinski definition) is 4. The van der Waals surface area contributed by atoms with Crippen LogP contribution in [0.3, 0.4) is 0 Å². The monoisotopic (exact) mass is 393 g/mol. The fourth-order valence-corrected chi connectivity index (χ4v) is 3.32. The number of carbonyl (C=O) groups is 2. The molecule has 7 nitrogen and oxygen atoms in total.